The summed E-state index contributed by atoms with van der Waals surface area (Å²) in [6, 6.07) is 16.0. The second kappa shape index (κ2) is 9.87. The number of ether oxygens (including phenoxy) is 1. The lowest BCUT2D eigenvalue weighted by molar-refractivity contribution is -0.137. The van der Waals surface area contributed by atoms with Crippen LogP contribution in [0.15, 0.2) is 54.7 Å². The molecule has 2 amide bonds. The fourth-order valence-electron chi connectivity index (χ4n) is 4.95. The number of amides is 2. The van der Waals surface area contributed by atoms with Crippen LogP contribution < -0.4 is 5.32 Å². The van der Waals surface area contributed by atoms with Gasteiger partial charge in [0.2, 0.25) is 0 Å². The van der Waals surface area contributed by atoms with Gasteiger partial charge in [0.1, 0.15) is 16.5 Å². The lowest BCUT2D eigenvalue weighted by Crippen LogP contribution is -2.36. The molecule has 8 nitrogen and oxygen atoms in total. The second-order valence-corrected chi connectivity index (χ2v) is 9.81. The van der Waals surface area contributed by atoms with Crippen molar-refractivity contribution in [1.29, 1.82) is 0 Å². The van der Waals surface area contributed by atoms with Gasteiger partial charge in [0.15, 0.2) is 0 Å². The van der Waals surface area contributed by atoms with Gasteiger partial charge in [0.25, 0.3) is 5.91 Å². The van der Waals surface area contributed by atoms with Crippen molar-refractivity contribution in [2.75, 3.05) is 13.2 Å². The summed E-state index contributed by atoms with van der Waals surface area (Å²) in [6.45, 7) is 0.913. The Morgan fingerprint density at radius 2 is 1.77 bits per heavy atom. The Bertz CT molecular complexity index is 1230. The van der Waals surface area contributed by atoms with Crippen molar-refractivity contribution in [3.05, 3.63) is 75.7 Å². The van der Waals surface area contributed by atoms with Gasteiger partial charge in [0, 0.05) is 18.5 Å². The first kappa shape index (κ1) is 23.0. The van der Waals surface area contributed by atoms with Gasteiger partial charge in [-0.2, -0.15) is 0 Å². The van der Waals surface area contributed by atoms with E-state index in [0.717, 1.165) is 17.5 Å². The van der Waals surface area contributed by atoms with E-state index in [1.807, 2.05) is 24.3 Å². The number of aromatic nitrogens is 1. The molecular weight excluding hydrogens is 466 g/mol. The zero-order valence-corrected chi connectivity index (χ0v) is 19.8. The number of carbonyl (C=O) groups excluding carboxylic acids is 2. The number of thiazole rings is 1. The Morgan fingerprint density at radius 3 is 2.46 bits per heavy atom. The van der Waals surface area contributed by atoms with E-state index in [-0.39, 0.29) is 37.4 Å². The van der Waals surface area contributed by atoms with Gasteiger partial charge in [-0.25, -0.2) is 9.78 Å². The number of hydrogen-bond donors (Lipinski definition) is 2. The summed E-state index contributed by atoms with van der Waals surface area (Å²) in [4.78, 5) is 42.6. The highest BCUT2D eigenvalue weighted by molar-refractivity contribution is 7.13. The number of hydrogen-bond acceptors (Lipinski definition) is 6. The maximum Gasteiger partial charge on any atom is 0.407 e. The lowest BCUT2D eigenvalue weighted by Gasteiger charge is -2.22. The molecule has 1 aliphatic carbocycles. The maximum atomic E-state index is 12.8. The Labute approximate surface area is 206 Å². The van der Waals surface area contributed by atoms with E-state index in [4.69, 9.17) is 9.84 Å². The number of rotatable bonds is 7. The first-order valence-corrected chi connectivity index (χ1v) is 12.4. The molecular formula is C26H25N3O5S. The highest BCUT2D eigenvalue weighted by atomic mass is 32.1. The third-order valence-corrected chi connectivity index (χ3v) is 7.53. The number of nitrogens with zero attached hydrogens (tertiary/aromatic N) is 2. The smallest absolute Gasteiger partial charge is 0.407 e. The monoisotopic (exact) mass is 491 g/mol. The number of likely N-dealkylation sites (tertiary alicyclic amines) is 1. The van der Waals surface area contributed by atoms with Crippen LogP contribution in [0.5, 0.6) is 0 Å². The standard InChI is InChI=1S/C26H25N3O5S/c30-24(31)12-16-6-5-11-29(16)25(32)22-13-27-23(35-22)14-28-26(33)34-15-21-19-9-3-1-7-17(19)18-8-2-4-10-20(18)21/h1-4,7-10,13,16,21H,5-6,11-12,14-15H2,(H,28,33)(H,30,31)/t16-/m1/s1. The van der Waals surface area contributed by atoms with Crippen molar-refractivity contribution in [2.24, 2.45) is 0 Å². The van der Waals surface area contributed by atoms with Crippen LogP contribution in [-0.2, 0) is 16.1 Å². The highest BCUT2D eigenvalue weighted by Crippen LogP contribution is 2.44. The minimum atomic E-state index is -0.910. The molecule has 0 radical (unpaired) electrons. The summed E-state index contributed by atoms with van der Waals surface area (Å²) in [5.74, 6) is -1.14. The SMILES string of the molecule is O=C(O)C[C@H]1CCCN1C(=O)c1cnc(CNC(=O)OCC2c3ccccc3-c3ccccc32)s1. The summed E-state index contributed by atoms with van der Waals surface area (Å²) >= 11 is 1.20. The van der Waals surface area contributed by atoms with Crippen molar-refractivity contribution in [3.63, 3.8) is 0 Å². The quantitative estimate of drug-likeness (QED) is 0.511. The molecule has 1 atom stereocenters. The lowest BCUT2D eigenvalue weighted by atomic mass is 9.98. The van der Waals surface area contributed by atoms with Crippen LogP contribution in [0.1, 0.15) is 51.0 Å². The van der Waals surface area contributed by atoms with Gasteiger partial charge < -0.3 is 20.1 Å². The minimum Gasteiger partial charge on any atom is -0.481 e. The summed E-state index contributed by atoms with van der Waals surface area (Å²) < 4.78 is 5.54. The molecule has 2 N–H and O–H groups in total. The van der Waals surface area contributed by atoms with Crippen molar-refractivity contribution < 1.29 is 24.2 Å². The number of nitrogens with one attached hydrogen (secondary N) is 1. The van der Waals surface area contributed by atoms with Crippen molar-refractivity contribution in [1.82, 2.24) is 15.2 Å². The summed E-state index contributed by atoms with van der Waals surface area (Å²) in [5, 5.41) is 12.4. The van der Waals surface area contributed by atoms with Gasteiger partial charge in [-0.1, -0.05) is 48.5 Å². The van der Waals surface area contributed by atoms with Crippen molar-refractivity contribution >= 4 is 29.3 Å². The molecule has 0 saturated carbocycles. The topological polar surface area (TPSA) is 109 Å². The third kappa shape index (κ3) is 4.77. The van der Waals surface area contributed by atoms with E-state index in [0.29, 0.717) is 22.9 Å². The Morgan fingerprint density at radius 1 is 1.09 bits per heavy atom. The molecule has 2 aromatic carbocycles. The Balaban J connectivity index is 1.16. The van der Waals surface area contributed by atoms with Crippen LogP contribution >= 0.6 is 11.3 Å². The average Bonchev–Trinajstić information content (AvgIpc) is 3.59. The number of carboxylic acids is 1. The molecule has 9 heteroatoms. The zero-order valence-electron chi connectivity index (χ0n) is 19.0. The number of benzene rings is 2. The second-order valence-electron chi connectivity index (χ2n) is 8.69. The molecule has 1 fully saturated rings. The summed E-state index contributed by atoms with van der Waals surface area (Å²) in [6.07, 6.45) is 2.36. The van der Waals surface area contributed by atoms with Crippen LogP contribution in [-0.4, -0.2) is 52.2 Å². The molecule has 2 heterocycles. The number of carbonyl (C=O) groups is 3. The van der Waals surface area contributed by atoms with Crippen LogP contribution in [0.25, 0.3) is 11.1 Å². The fourth-order valence-corrected chi connectivity index (χ4v) is 5.76. The summed E-state index contributed by atoms with van der Waals surface area (Å²) in [7, 11) is 0. The predicted octanol–water partition coefficient (Wildman–Crippen LogP) is 4.26. The van der Waals surface area contributed by atoms with Gasteiger partial charge in [-0.3, -0.25) is 9.59 Å². The first-order chi connectivity index (χ1) is 17.0. The number of aliphatic carboxylic acids is 1. The molecule has 35 heavy (non-hydrogen) atoms. The van der Waals surface area contributed by atoms with E-state index in [9.17, 15) is 14.4 Å². The van der Waals surface area contributed by atoms with Gasteiger partial charge in [-0.05, 0) is 35.1 Å². The maximum absolute atomic E-state index is 12.8. The fraction of sp³-hybridized carbons (Fsp3) is 0.308. The molecule has 180 valence electrons. The number of fused-ring (bicyclic) bond motifs is 3. The van der Waals surface area contributed by atoms with E-state index in [1.165, 1.54) is 28.7 Å². The van der Waals surface area contributed by atoms with Gasteiger partial charge >= 0.3 is 12.1 Å². The molecule has 0 bridgehead atoms. The van der Waals surface area contributed by atoms with Gasteiger partial charge in [-0.15, -0.1) is 11.3 Å². The molecule has 5 rings (SSSR count). The average molecular weight is 492 g/mol. The van der Waals surface area contributed by atoms with E-state index in [2.05, 4.69) is 34.6 Å². The van der Waals surface area contributed by atoms with Gasteiger partial charge in [0.05, 0.1) is 19.2 Å². The zero-order chi connectivity index (χ0) is 24.4. The van der Waals surface area contributed by atoms with Crippen LogP contribution in [0, 0.1) is 0 Å². The molecule has 2 aliphatic rings. The summed E-state index contributed by atoms with van der Waals surface area (Å²) in [5.41, 5.74) is 4.63. The Kier molecular flexibility index (Phi) is 6.50. The molecule has 0 unspecified atom stereocenters. The molecule has 1 saturated heterocycles. The van der Waals surface area contributed by atoms with Crippen LogP contribution in [0.3, 0.4) is 0 Å². The van der Waals surface area contributed by atoms with E-state index >= 15 is 0 Å². The van der Waals surface area contributed by atoms with E-state index < -0.39 is 12.1 Å². The predicted molar refractivity (Wildman–Crippen MR) is 130 cm³/mol. The largest absolute Gasteiger partial charge is 0.481 e. The normalized spacial score (nSPS) is 16.6. The molecule has 3 aromatic rings. The van der Waals surface area contributed by atoms with E-state index in [1.54, 1.807) is 4.90 Å². The third-order valence-electron chi connectivity index (χ3n) is 6.54. The molecule has 1 aliphatic heterocycles. The highest BCUT2D eigenvalue weighted by Gasteiger charge is 2.32. The Hall–Kier alpha value is -3.72. The first-order valence-electron chi connectivity index (χ1n) is 11.6. The number of alkyl carbamates (subject to hydrolysis) is 1. The molecule has 1 aromatic heterocycles. The van der Waals surface area contributed by atoms with Crippen LogP contribution in [0.4, 0.5) is 4.79 Å². The van der Waals surface area contributed by atoms with Crippen molar-refractivity contribution in [2.45, 2.75) is 37.8 Å². The van der Waals surface area contributed by atoms with Crippen molar-refractivity contribution in [3.8, 4) is 11.1 Å². The number of carboxylic acid groups (broad SMARTS) is 1. The molecule has 0 spiro atoms. The minimum absolute atomic E-state index is 0.0172. The van der Waals surface area contributed by atoms with Crippen LogP contribution in [0.2, 0.25) is 0 Å².